The van der Waals surface area contributed by atoms with Gasteiger partial charge in [0.1, 0.15) is 21.3 Å². The molecule has 0 N–H and O–H groups in total. The summed E-state index contributed by atoms with van der Waals surface area (Å²) >= 11 is 0. The number of hydrogen-bond donors (Lipinski definition) is 0. The van der Waals surface area contributed by atoms with Crippen LogP contribution < -0.4 is 0 Å². The van der Waals surface area contributed by atoms with E-state index in [0.29, 0.717) is 0 Å². The summed E-state index contributed by atoms with van der Waals surface area (Å²) in [5.41, 5.74) is 0.254. The minimum atomic E-state index is -4.03. The first kappa shape index (κ1) is 19.0. The van der Waals surface area contributed by atoms with E-state index in [1.807, 2.05) is 0 Å². The van der Waals surface area contributed by atoms with Crippen LogP contribution in [0.25, 0.3) is 0 Å². The molecule has 0 atom stereocenters. The number of rotatable bonds is 4. The van der Waals surface area contributed by atoms with Gasteiger partial charge in [0.05, 0.1) is 0 Å². The van der Waals surface area contributed by atoms with Gasteiger partial charge in [0.15, 0.2) is 5.76 Å². The minimum absolute atomic E-state index is 0.00270. The second-order valence-corrected chi connectivity index (χ2v) is 9.67. The number of sulfonamides is 2. The van der Waals surface area contributed by atoms with Crippen LogP contribution >= 0.6 is 0 Å². The van der Waals surface area contributed by atoms with Crippen LogP contribution in [0, 0.1) is 19.7 Å². The highest BCUT2D eigenvalue weighted by Gasteiger charge is 2.37. The molecule has 0 amide bonds. The molecule has 8 nitrogen and oxygen atoms in total. The zero-order valence-corrected chi connectivity index (χ0v) is 15.8. The average Bonchev–Trinajstić information content (AvgIpc) is 2.94. The van der Waals surface area contributed by atoms with E-state index in [1.54, 1.807) is 0 Å². The average molecular weight is 403 g/mol. The molecule has 2 aromatic rings. The highest BCUT2D eigenvalue weighted by Crippen LogP contribution is 2.26. The zero-order chi connectivity index (χ0) is 19.1. The summed E-state index contributed by atoms with van der Waals surface area (Å²) in [6.45, 7) is 2.81. The summed E-state index contributed by atoms with van der Waals surface area (Å²) in [5, 5.41) is 3.65. The van der Waals surface area contributed by atoms with E-state index >= 15 is 0 Å². The molecule has 1 aromatic heterocycles. The maximum Gasteiger partial charge on any atom is 0.248 e. The van der Waals surface area contributed by atoms with Gasteiger partial charge in [0, 0.05) is 26.2 Å². The molecule has 0 bridgehead atoms. The molecule has 142 valence electrons. The van der Waals surface area contributed by atoms with Crippen molar-refractivity contribution in [1.82, 2.24) is 13.8 Å². The summed E-state index contributed by atoms with van der Waals surface area (Å²) in [4.78, 5) is -0.412. The van der Waals surface area contributed by atoms with Gasteiger partial charge in [-0.1, -0.05) is 17.3 Å². The maximum absolute atomic E-state index is 13.9. The van der Waals surface area contributed by atoms with Gasteiger partial charge in [-0.15, -0.1) is 0 Å². The van der Waals surface area contributed by atoms with Crippen molar-refractivity contribution in [2.45, 2.75) is 23.6 Å². The molecule has 0 saturated carbocycles. The third-order valence-corrected chi connectivity index (χ3v) is 8.29. The van der Waals surface area contributed by atoms with Gasteiger partial charge in [-0.3, -0.25) is 0 Å². The summed E-state index contributed by atoms with van der Waals surface area (Å²) in [6, 6.07) is 5.11. The van der Waals surface area contributed by atoms with Gasteiger partial charge in [-0.2, -0.15) is 8.61 Å². The van der Waals surface area contributed by atoms with Crippen LogP contribution in [0.3, 0.4) is 0 Å². The summed E-state index contributed by atoms with van der Waals surface area (Å²) in [6.07, 6.45) is 0. The minimum Gasteiger partial charge on any atom is -0.360 e. The van der Waals surface area contributed by atoms with E-state index in [4.69, 9.17) is 4.52 Å². The molecular weight excluding hydrogens is 385 g/mol. The quantitative estimate of drug-likeness (QED) is 0.758. The number of nitrogens with zero attached hydrogens (tertiary/aromatic N) is 3. The first-order chi connectivity index (χ1) is 12.2. The molecule has 1 aromatic carbocycles. The van der Waals surface area contributed by atoms with Crippen molar-refractivity contribution in [2.75, 3.05) is 26.2 Å². The van der Waals surface area contributed by atoms with Crippen molar-refractivity contribution in [3.8, 4) is 0 Å². The predicted molar refractivity (Wildman–Crippen MR) is 89.9 cm³/mol. The molecule has 11 heteroatoms. The van der Waals surface area contributed by atoms with Crippen molar-refractivity contribution in [2.24, 2.45) is 0 Å². The molecule has 0 aliphatic carbocycles. The summed E-state index contributed by atoms with van der Waals surface area (Å²) in [7, 11) is -7.87. The first-order valence-electron chi connectivity index (χ1n) is 7.83. The standard InChI is InChI=1S/C15H18FN3O5S2/c1-11-15(12(2)24-17-11)26(22,23)19-9-7-18(8-10-19)25(20,21)14-6-4-3-5-13(14)16/h3-6H,7-10H2,1-2H3. The van der Waals surface area contributed by atoms with Crippen LogP contribution in [0.4, 0.5) is 4.39 Å². The van der Waals surface area contributed by atoms with Crippen LogP contribution in [0.1, 0.15) is 11.5 Å². The number of halogens is 1. The topological polar surface area (TPSA) is 101 Å². The Balaban J connectivity index is 1.81. The van der Waals surface area contributed by atoms with Gasteiger partial charge < -0.3 is 4.52 Å². The number of benzene rings is 1. The molecule has 1 saturated heterocycles. The molecule has 0 radical (unpaired) electrons. The number of aryl methyl sites for hydroxylation is 2. The lowest BCUT2D eigenvalue weighted by Crippen LogP contribution is -2.50. The van der Waals surface area contributed by atoms with Crippen LogP contribution in [-0.2, 0) is 20.0 Å². The van der Waals surface area contributed by atoms with E-state index in [-0.39, 0.29) is 42.5 Å². The predicted octanol–water partition coefficient (Wildman–Crippen LogP) is 1.13. The Hall–Kier alpha value is -1.82. The Labute approximate surface area is 151 Å². The number of aromatic nitrogens is 1. The van der Waals surface area contributed by atoms with Crippen molar-refractivity contribution in [1.29, 1.82) is 0 Å². The highest BCUT2D eigenvalue weighted by molar-refractivity contribution is 7.89. The number of piperazine rings is 1. The molecule has 26 heavy (non-hydrogen) atoms. The number of hydrogen-bond acceptors (Lipinski definition) is 6. The maximum atomic E-state index is 13.9. The highest BCUT2D eigenvalue weighted by atomic mass is 32.2. The van der Waals surface area contributed by atoms with Crippen molar-refractivity contribution >= 4 is 20.0 Å². The Morgan fingerprint density at radius 2 is 1.50 bits per heavy atom. The lowest BCUT2D eigenvalue weighted by Gasteiger charge is -2.33. The smallest absolute Gasteiger partial charge is 0.248 e. The summed E-state index contributed by atoms with van der Waals surface area (Å²) in [5.74, 6) is -0.651. The Morgan fingerprint density at radius 3 is 2.00 bits per heavy atom. The Morgan fingerprint density at radius 1 is 0.962 bits per heavy atom. The van der Waals surface area contributed by atoms with Crippen LogP contribution in [-0.4, -0.2) is 56.8 Å². The molecular formula is C15H18FN3O5S2. The van der Waals surface area contributed by atoms with Crippen molar-refractivity contribution in [3.63, 3.8) is 0 Å². The van der Waals surface area contributed by atoms with E-state index < -0.39 is 30.8 Å². The molecule has 3 rings (SSSR count). The molecule has 1 aliphatic heterocycles. The van der Waals surface area contributed by atoms with Gasteiger partial charge in [0.2, 0.25) is 20.0 Å². The van der Waals surface area contributed by atoms with Crippen molar-refractivity contribution in [3.05, 3.63) is 41.5 Å². The van der Waals surface area contributed by atoms with E-state index in [0.717, 1.165) is 10.4 Å². The first-order valence-corrected chi connectivity index (χ1v) is 10.7. The fourth-order valence-corrected chi connectivity index (χ4v) is 6.12. The lowest BCUT2D eigenvalue weighted by atomic mass is 10.3. The van der Waals surface area contributed by atoms with Gasteiger partial charge in [-0.25, -0.2) is 21.2 Å². The largest absolute Gasteiger partial charge is 0.360 e. The van der Waals surface area contributed by atoms with Gasteiger partial charge in [-0.05, 0) is 26.0 Å². The normalized spacial score (nSPS) is 17.5. The van der Waals surface area contributed by atoms with Crippen LogP contribution in [0.15, 0.2) is 38.6 Å². The fourth-order valence-electron chi connectivity index (χ4n) is 2.92. The SMILES string of the molecule is Cc1noc(C)c1S(=O)(=O)N1CCN(S(=O)(=O)c2ccccc2F)CC1. The Bertz CT molecular complexity index is 1010. The third kappa shape index (κ3) is 3.15. The molecule has 0 spiro atoms. The van der Waals surface area contributed by atoms with Gasteiger partial charge >= 0.3 is 0 Å². The second-order valence-electron chi connectivity index (χ2n) is 5.89. The second kappa shape index (κ2) is 6.72. The van der Waals surface area contributed by atoms with E-state index in [9.17, 15) is 21.2 Å². The Kier molecular flexibility index (Phi) is 4.90. The molecule has 0 unspecified atom stereocenters. The van der Waals surface area contributed by atoms with Crippen LogP contribution in [0.2, 0.25) is 0 Å². The molecule has 1 fully saturated rings. The lowest BCUT2D eigenvalue weighted by molar-refractivity contribution is 0.272. The van der Waals surface area contributed by atoms with Crippen LogP contribution in [0.5, 0.6) is 0 Å². The molecule has 1 aliphatic rings. The summed E-state index contributed by atoms with van der Waals surface area (Å²) < 4.78 is 71.8. The zero-order valence-electron chi connectivity index (χ0n) is 14.2. The fraction of sp³-hybridized carbons (Fsp3) is 0.400. The van der Waals surface area contributed by atoms with Crippen molar-refractivity contribution < 1.29 is 25.7 Å². The molecule has 2 heterocycles. The van der Waals surface area contributed by atoms with E-state index in [1.165, 1.54) is 36.4 Å². The third-order valence-electron chi connectivity index (χ3n) is 4.22. The monoisotopic (exact) mass is 403 g/mol. The van der Waals surface area contributed by atoms with E-state index in [2.05, 4.69) is 5.16 Å². The van der Waals surface area contributed by atoms with Gasteiger partial charge in [0.25, 0.3) is 0 Å².